The van der Waals surface area contributed by atoms with Gasteiger partial charge in [0.2, 0.25) is 0 Å². The van der Waals surface area contributed by atoms with E-state index in [-0.39, 0.29) is 6.61 Å². The van der Waals surface area contributed by atoms with Crippen LogP contribution in [0, 0.1) is 6.92 Å². The molecule has 0 spiro atoms. The van der Waals surface area contributed by atoms with Crippen LogP contribution < -0.4 is 0 Å². The second-order valence-electron chi connectivity index (χ2n) is 6.71. The summed E-state index contributed by atoms with van der Waals surface area (Å²) in [5.41, 5.74) is 4.05. The van der Waals surface area contributed by atoms with Gasteiger partial charge in [0.05, 0.1) is 22.7 Å². The molecule has 0 radical (unpaired) electrons. The Kier molecular flexibility index (Phi) is 4.95. The predicted octanol–water partition coefficient (Wildman–Crippen LogP) is 4.01. The van der Waals surface area contributed by atoms with E-state index in [2.05, 4.69) is 4.98 Å². The summed E-state index contributed by atoms with van der Waals surface area (Å²) in [6.07, 6.45) is -0.643. The van der Waals surface area contributed by atoms with Gasteiger partial charge in [-0.05, 0) is 38.8 Å². The molecule has 0 N–H and O–H groups in total. The minimum atomic E-state index is -1.84. The molecule has 2 aromatic rings. The topological polar surface area (TPSA) is 68.7 Å². The van der Waals surface area contributed by atoms with E-state index in [1.807, 2.05) is 36.7 Å². The standard InChI is InChI=1S/C17H20N2O4S2/c1-11-15(24-10-18-11)13-7-5-12(6-8-13)14-9-22-25(21)19(14)16(20)23-17(2,3)4/h5-8,10,14H,9H2,1-4H3/t14-,25?/m0/s1. The van der Waals surface area contributed by atoms with Gasteiger partial charge < -0.3 is 4.74 Å². The normalized spacial score (nSPS) is 20.7. The molecule has 1 saturated heterocycles. The van der Waals surface area contributed by atoms with Gasteiger partial charge >= 0.3 is 6.09 Å². The number of hydrogen-bond donors (Lipinski definition) is 0. The molecular weight excluding hydrogens is 360 g/mol. The highest BCUT2D eigenvalue weighted by Crippen LogP contribution is 2.33. The lowest BCUT2D eigenvalue weighted by Crippen LogP contribution is -2.37. The van der Waals surface area contributed by atoms with E-state index in [0.29, 0.717) is 0 Å². The Morgan fingerprint density at radius 1 is 1.36 bits per heavy atom. The SMILES string of the molecule is Cc1ncsc1-c1ccc([C@@H]2COS(=O)N2C(=O)OC(C)(C)C)cc1. The van der Waals surface area contributed by atoms with E-state index in [4.69, 9.17) is 8.92 Å². The number of rotatable bonds is 2. The summed E-state index contributed by atoms with van der Waals surface area (Å²) in [6, 6.07) is 7.35. The van der Waals surface area contributed by atoms with E-state index in [0.717, 1.165) is 26.0 Å². The van der Waals surface area contributed by atoms with Crippen LogP contribution in [-0.2, 0) is 20.2 Å². The van der Waals surface area contributed by atoms with E-state index >= 15 is 0 Å². The zero-order valence-electron chi connectivity index (χ0n) is 14.5. The second kappa shape index (κ2) is 6.86. The van der Waals surface area contributed by atoms with Crippen LogP contribution in [0.5, 0.6) is 0 Å². The molecule has 8 heteroatoms. The largest absolute Gasteiger partial charge is 0.443 e. The average Bonchev–Trinajstić information content (AvgIpc) is 3.11. The zero-order valence-corrected chi connectivity index (χ0v) is 16.1. The Morgan fingerprint density at radius 3 is 2.60 bits per heavy atom. The van der Waals surface area contributed by atoms with Gasteiger partial charge in [0, 0.05) is 0 Å². The Labute approximate surface area is 153 Å². The fourth-order valence-corrected chi connectivity index (χ4v) is 4.23. The van der Waals surface area contributed by atoms with Gasteiger partial charge in [-0.25, -0.2) is 14.0 Å². The van der Waals surface area contributed by atoms with Crippen LogP contribution in [0.1, 0.15) is 38.1 Å². The van der Waals surface area contributed by atoms with Crippen LogP contribution in [0.2, 0.25) is 0 Å². The van der Waals surface area contributed by atoms with Crippen molar-refractivity contribution >= 4 is 28.7 Å². The van der Waals surface area contributed by atoms with Crippen LogP contribution in [0.15, 0.2) is 29.8 Å². The average molecular weight is 380 g/mol. The number of ether oxygens (including phenoxy) is 1. The number of carbonyl (C=O) groups is 1. The molecule has 1 fully saturated rings. The number of amides is 1. The van der Waals surface area contributed by atoms with Gasteiger partial charge in [-0.2, -0.15) is 4.31 Å². The van der Waals surface area contributed by atoms with Crippen LogP contribution >= 0.6 is 11.3 Å². The van der Waals surface area contributed by atoms with Crippen molar-refractivity contribution in [1.82, 2.24) is 9.29 Å². The van der Waals surface area contributed by atoms with Gasteiger partial charge in [-0.1, -0.05) is 24.3 Å². The lowest BCUT2D eigenvalue weighted by Gasteiger charge is -2.25. The first kappa shape index (κ1) is 18.0. The number of thiazole rings is 1. The minimum Gasteiger partial charge on any atom is -0.443 e. The summed E-state index contributed by atoms with van der Waals surface area (Å²) in [5.74, 6) is 0. The third-order valence-electron chi connectivity index (χ3n) is 3.65. The second-order valence-corrected chi connectivity index (χ2v) is 8.63. The van der Waals surface area contributed by atoms with Gasteiger partial charge in [0.25, 0.3) is 11.3 Å². The van der Waals surface area contributed by atoms with Gasteiger partial charge in [0.1, 0.15) is 11.6 Å². The first-order valence-corrected chi connectivity index (χ1v) is 9.75. The molecule has 0 saturated carbocycles. The molecule has 0 aliphatic carbocycles. The summed E-state index contributed by atoms with van der Waals surface area (Å²) < 4.78 is 23.8. The van der Waals surface area contributed by atoms with Crippen LogP contribution in [0.4, 0.5) is 4.79 Å². The number of carbonyl (C=O) groups excluding carboxylic acids is 1. The molecule has 2 atom stereocenters. The highest BCUT2D eigenvalue weighted by molar-refractivity contribution is 7.78. The van der Waals surface area contributed by atoms with Gasteiger partial charge in [-0.3, -0.25) is 4.18 Å². The first-order valence-electron chi connectivity index (χ1n) is 7.84. The minimum absolute atomic E-state index is 0.171. The summed E-state index contributed by atoms with van der Waals surface area (Å²) in [7, 11) is 0. The lowest BCUT2D eigenvalue weighted by molar-refractivity contribution is 0.0362. The molecule has 1 amide bonds. The van der Waals surface area contributed by atoms with Crippen molar-refractivity contribution in [2.24, 2.45) is 0 Å². The molecule has 2 heterocycles. The number of hydrogen-bond acceptors (Lipinski definition) is 6. The zero-order chi connectivity index (χ0) is 18.2. The van der Waals surface area contributed by atoms with Crippen molar-refractivity contribution in [2.45, 2.75) is 39.3 Å². The smallest absolute Gasteiger partial charge is 0.424 e. The maximum Gasteiger partial charge on any atom is 0.424 e. The number of aromatic nitrogens is 1. The van der Waals surface area contributed by atoms with Crippen molar-refractivity contribution in [1.29, 1.82) is 0 Å². The highest BCUT2D eigenvalue weighted by Gasteiger charge is 2.40. The molecule has 6 nitrogen and oxygen atoms in total. The number of nitrogens with zero attached hydrogens (tertiary/aromatic N) is 2. The first-order chi connectivity index (χ1) is 11.8. The summed E-state index contributed by atoms with van der Waals surface area (Å²) in [5, 5.41) is 0. The number of benzene rings is 1. The molecule has 25 heavy (non-hydrogen) atoms. The van der Waals surface area contributed by atoms with Crippen molar-refractivity contribution in [3.8, 4) is 10.4 Å². The fourth-order valence-electron chi connectivity index (χ4n) is 2.51. The molecule has 1 aromatic heterocycles. The van der Waals surface area contributed by atoms with Crippen molar-refractivity contribution in [3.63, 3.8) is 0 Å². The molecule has 3 rings (SSSR count). The van der Waals surface area contributed by atoms with Crippen molar-refractivity contribution in [3.05, 3.63) is 41.0 Å². The Bertz CT molecular complexity index is 796. The molecule has 134 valence electrons. The molecule has 0 bridgehead atoms. The Morgan fingerprint density at radius 2 is 2.04 bits per heavy atom. The summed E-state index contributed by atoms with van der Waals surface area (Å²) in [6.45, 7) is 7.45. The molecule has 1 aromatic carbocycles. The molecule has 1 unspecified atom stereocenters. The van der Waals surface area contributed by atoms with Crippen LogP contribution in [-0.4, -0.2) is 31.8 Å². The molecule has 1 aliphatic heterocycles. The lowest BCUT2D eigenvalue weighted by atomic mass is 10.0. The van der Waals surface area contributed by atoms with E-state index in [1.165, 1.54) is 0 Å². The Hall–Kier alpha value is -1.77. The summed E-state index contributed by atoms with van der Waals surface area (Å²) in [4.78, 5) is 17.8. The third-order valence-corrected chi connectivity index (χ3v) is 5.69. The van der Waals surface area contributed by atoms with E-state index in [1.54, 1.807) is 32.1 Å². The third kappa shape index (κ3) is 3.91. The maximum atomic E-state index is 12.4. The van der Waals surface area contributed by atoms with Crippen molar-refractivity contribution < 1.29 is 17.9 Å². The van der Waals surface area contributed by atoms with E-state index in [9.17, 15) is 9.00 Å². The molecule has 1 aliphatic rings. The predicted molar refractivity (Wildman–Crippen MR) is 97.2 cm³/mol. The number of aryl methyl sites for hydroxylation is 1. The van der Waals surface area contributed by atoms with Crippen LogP contribution in [0.25, 0.3) is 10.4 Å². The maximum absolute atomic E-state index is 12.4. The quantitative estimate of drug-likeness (QED) is 0.787. The highest BCUT2D eigenvalue weighted by atomic mass is 32.2. The molecular formula is C17H20N2O4S2. The van der Waals surface area contributed by atoms with Gasteiger partial charge in [-0.15, -0.1) is 11.3 Å². The van der Waals surface area contributed by atoms with Crippen molar-refractivity contribution in [2.75, 3.05) is 6.61 Å². The fraction of sp³-hybridized carbons (Fsp3) is 0.412. The Balaban J connectivity index is 1.83. The van der Waals surface area contributed by atoms with E-state index < -0.39 is 29.0 Å². The monoisotopic (exact) mass is 380 g/mol. The van der Waals surface area contributed by atoms with Gasteiger partial charge in [0.15, 0.2) is 0 Å². The summed E-state index contributed by atoms with van der Waals surface area (Å²) >= 11 is -0.260. The van der Waals surface area contributed by atoms with Crippen LogP contribution in [0.3, 0.4) is 0 Å².